The molecule has 1 rings (SSSR count). The summed E-state index contributed by atoms with van der Waals surface area (Å²) in [6.45, 7) is 8.45. The van der Waals surface area contributed by atoms with E-state index in [0.717, 1.165) is 32.4 Å². The molecule has 0 fully saturated rings. The molecule has 0 aliphatic heterocycles. The van der Waals surface area contributed by atoms with E-state index in [2.05, 4.69) is 49.9 Å². The fourth-order valence-corrected chi connectivity index (χ4v) is 3.17. The molecule has 0 saturated heterocycles. The van der Waals surface area contributed by atoms with Crippen molar-refractivity contribution in [3.8, 4) is 0 Å². The normalized spacial score (nSPS) is 14.6. The number of nitrogens with two attached hydrogens (primary N) is 1. The third-order valence-electron chi connectivity index (χ3n) is 4.41. The zero-order chi connectivity index (χ0) is 15.7. The Hall–Kier alpha value is -0.900. The molecule has 0 aromatic heterocycles. The van der Waals surface area contributed by atoms with Crippen LogP contribution in [-0.2, 0) is 4.74 Å². The number of hydrogen-bond acceptors (Lipinski definition) is 3. The fourth-order valence-electron chi connectivity index (χ4n) is 3.17. The second-order valence-electron chi connectivity index (χ2n) is 5.61. The van der Waals surface area contributed by atoms with Crippen molar-refractivity contribution in [2.24, 2.45) is 5.73 Å². The van der Waals surface area contributed by atoms with Crippen molar-refractivity contribution in [3.05, 3.63) is 35.9 Å². The van der Waals surface area contributed by atoms with Gasteiger partial charge in [0.2, 0.25) is 0 Å². The highest BCUT2D eigenvalue weighted by molar-refractivity contribution is 5.20. The van der Waals surface area contributed by atoms with Gasteiger partial charge in [-0.1, -0.05) is 51.1 Å². The Morgan fingerprint density at radius 1 is 1.05 bits per heavy atom. The molecular weight excluding hydrogens is 260 g/mol. The number of nitrogens with zero attached hydrogens (tertiary/aromatic N) is 1. The Balaban J connectivity index is 2.94. The maximum absolute atomic E-state index is 6.59. The van der Waals surface area contributed by atoms with Crippen molar-refractivity contribution in [1.82, 2.24) is 4.90 Å². The van der Waals surface area contributed by atoms with E-state index in [1.54, 1.807) is 7.11 Å². The quantitative estimate of drug-likeness (QED) is 0.716. The summed E-state index contributed by atoms with van der Waals surface area (Å²) in [6.07, 6.45) is 3.35. The minimum absolute atomic E-state index is 0.0497. The molecule has 1 aromatic carbocycles. The summed E-state index contributed by atoms with van der Waals surface area (Å²) in [6, 6.07) is 11.4. The fraction of sp³-hybridized carbons (Fsp3) is 0.667. The molecule has 1 aromatic rings. The molecule has 21 heavy (non-hydrogen) atoms. The highest BCUT2D eigenvalue weighted by Gasteiger charge is 2.28. The van der Waals surface area contributed by atoms with Crippen LogP contribution in [0.2, 0.25) is 0 Å². The van der Waals surface area contributed by atoms with E-state index in [4.69, 9.17) is 10.5 Å². The molecular formula is C18H32N2O. The average Bonchev–Trinajstić information content (AvgIpc) is 2.54. The number of methoxy groups -OCH3 is 1. The molecule has 0 saturated carbocycles. The van der Waals surface area contributed by atoms with Crippen LogP contribution >= 0.6 is 0 Å². The predicted molar refractivity (Wildman–Crippen MR) is 90.4 cm³/mol. The Kier molecular flexibility index (Phi) is 8.58. The molecule has 2 atom stereocenters. The molecule has 2 N–H and O–H groups in total. The molecule has 3 nitrogen and oxygen atoms in total. The predicted octanol–water partition coefficient (Wildman–Crippen LogP) is 3.60. The molecule has 2 unspecified atom stereocenters. The first-order valence-corrected chi connectivity index (χ1v) is 8.24. The van der Waals surface area contributed by atoms with Crippen LogP contribution in [0.25, 0.3) is 0 Å². The van der Waals surface area contributed by atoms with Gasteiger partial charge in [-0.05, 0) is 24.8 Å². The summed E-state index contributed by atoms with van der Waals surface area (Å²) in [5.41, 5.74) is 7.81. The first kappa shape index (κ1) is 18.1. The number of benzene rings is 1. The Labute approximate surface area is 130 Å². The van der Waals surface area contributed by atoms with Crippen LogP contribution in [0.5, 0.6) is 0 Å². The summed E-state index contributed by atoms with van der Waals surface area (Å²) in [5, 5.41) is 0. The maximum atomic E-state index is 6.59. The molecule has 0 heterocycles. The van der Waals surface area contributed by atoms with Crippen LogP contribution in [0.1, 0.15) is 51.6 Å². The molecule has 0 aliphatic rings. The highest BCUT2D eigenvalue weighted by Crippen LogP contribution is 2.25. The van der Waals surface area contributed by atoms with Gasteiger partial charge in [0, 0.05) is 31.8 Å². The zero-order valence-corrected chi connectivity index (χ0v) is 14.1. The van der Waals surface area contributed by atoms with Crippen molar-refractivity contribution >= 4 is 0 Å². The van der Waals surface area contributed by atoms with Gasteiger partial charge in [-0.2, -0.15) is 0 Å². The number of ether oxygens (including phenoxy) is 1. The molecule has 0 bridgehead atoms. The molecule has 0 amide bonds. The van der Waals surface area contributed by atoms with Crippen LogP contribution < -0.4 is 5.73 Å². The van der Waals surface area contributed by atoms with Gasteiger partial charge in [-0.15, -0.1) is 0 Å². The van der Waals surface area contributed by atoms with E-state index in [0.29, 0.717) is 12.1 Å². The van der Waals surface area contributed by atoms with Gasteiger partial charge in [0.1, 0.15) is 0 Å². The van der Waals surface area contributed by atoms with Crippen LogP contribution in [0.15, 0.2) is 30.3 Å². The Morgan fingerprint density at radius 3 is 2.14 bits per heavy atom. The van der Waals surface area contributed by atoms with Gasteiger partial charge in [-0.25, -0.2) is 0 Å². The van der Waals surface area contributed by atoms with Gasteiger partial charge in [-0.3, -0.25) is 4.90 Å². The highest BCUT2D eigenvalue weighted by atomic mass is 16.5. The van der Waals surface area contributed by atoms with Crippen LogP contribution in [-0.4, -0.2) is 37.2 Å². The first-order valence-electron chi connectivity index (χ1n) is 8.24. The van der Waals surface area contributed by atoms with Crippen molar-refractivity contribution < 1.29 is 4.74 Å². The van der Waals surface area contributed by atoms with E-state index >= 15 is 0 Å². The van der Waals surface area contributed by atoms with Gasteiger partial charge in [0.15, 0.2) is 0 Å². The van der Waals surface area contributed by atoms with Gasteiger partial charge in [0.05, 0.1) is 6.61 Å². The molecule has 0 spiro atoms. The van der Waals surface area contributed by atoms with Crippen molar-refractivity contribution in [2.75, 3.05) is 20.3 Å². The molecule has 0 radical (unpaired) electrons. The summed E-state index contributed by atoms with van der Waals surface area (Å²) in [5.74, 6) is 0. The van der Waals surface area contributed by atoms with Gasteiger partial charge < -0.3 is 10.5 Å². The maximum Gasteiger partial charge on any atom is 0.0589 e. The van der Waals surface area contributed by atoms with E-state index in [9.17, 15) is 0 Å². The summed E-state index contributed by atoms with van der Waals surface area (Å²) in [4.78, 5) is 2.56. The molecule has 3 heteroatoms. The number of rotatable bonds is 10. The minimum atomic E-state index is 0.0497. The van der Waals surface area contributed by atoms with Crippen molar-refractivity contribution in [1.29, 1.82) is 0 Å². The van der Waals surface area contributed by atoms with Crippen LogP contribution in [0.3, 0.4) is 0 Å². The summed E-state index contributed by atoms with van der Waals surface area (Å²) in [7, 11) is 1.77. The second-order valence-corrected chi connectivity index (χ2v) is 5.61. The van der Waals surface area contributed by atoms with E-state index in [1.807, 2.05) is 6.07 Å². The number of hydrogen-bond donors (Lipinski definition) is 1. The second kappa shape index (κ2) is 9.93. The smallest absolute Gasteiger partial charge is 0.0589 e. The van der Waals surface area contributed by atoms with Crippen molar-refractivity contribution in [2.45, 2.75) is 58.2 Å². The molecule has 120 valence electrons. The van der Waals surface area contributed by atoms with Crippen LogP contribution in [0.4, 0.5) is 0 Å². The summed E-state index contributed by atoms with van der Waals surface area (Å²) >= 11 is 0. The monoisotopic (exact) mass is 292 g/mol. The van der Waals surface area contributed by atoms with Gasteiger partial charge >= 0.3 is 0 Å². The standard InChI is InChI=1S/C18H32N2O/c1-5-16(6-2)20(13-14-21-4)17(7-3)18(19)15-11-9-8-10-12-15/h8-12,16-18H,5-7,13-14,19H2,1-4H3. The lowest BCUT2D eigenvalue weighted by Crippen LogP contribution is -2.49. The topological polar surface area (TPSA) is 38.5 Å². The third-order valence-corrected chi connectivity index (χ3v) is 4.41. The third kappa shape index (κ3) is 5.10. The zero-order valence-electron chi connectivity index (χ0n) is 14.1. The Morgan fingerprint density at radius 2 is 1.67 bits per heavy atom. The average molecular weight is 292 g/mol. The van der Waals surface area contributed by atoms with Crippen LogP contribution in [0, 0.1) is 0 Å². The minimum Gasteiger partial charge on any atom is -0.383 e. The summed E-state index contributed by atoms with van der Waals surface area (Å²) < 4.78 is 5.31. The van der Waals surface area contributed by atoms with E-state index in [1.165, 1.54) is 5.56 Å². The van der Waals surface area contributed by atoms with E-state index < -0.39 is 0 Å². The Bertz CT molecular complexity index is 365. The van der Waals surface area contributed by atoms with Gasteiger partial charge in [0.25, 0.3) is 0 Å². The SMILES string of the molecule is CCC(CC)N(CCOC)C(CC)C(N)c1ccccc1. The largest absolute Gasteiger partial charge is 0.383 e. The lowest BCUT2D eigenvalue weighted by Gasteiger charge is -2.40. The first-order chi connectivity index (χ1) is 10.2. The lowest BCUT2D eigenvalue weighted by molar-refractivity contribution is 0.0662. The van der Waals surface area contributed by atoms with Crippen molar-refractivity contribution in [3.63, 3.8) is 0 Å². The van der Waals surface area contributed by atoms with E-state index in [-0.39, 0.29) is 6.04 Å². The lowest BCUT2D eigenvalue weighted by atomic mass is 9.94. The molecule has 0 aliphatic carbocycles.